The molecule has 0 unspecified atom stereocenters. The number of aromatic nitrogens is 2. The molecule has 1 heterocycles. The fourth-order valence-corrected chi connectivity index (χ4v) is 1.67. The van der Waals surface area contributed by atoms with Gasteiger partial charge in [-0.1, -0.05) is 24.3 Å². The number of carboxylic acid groups (broad SMARTS) is 1. The Bertz CT molecular complexity index is 651. The Kier molecular flexibility index (Phi) is 3.95. The largest absolute Gasteiger partial charge is 0.478 e. The van der Waals surface area contributed by atoms with Crippen molar-refractivity contribution in [2.24, 2.45) is 0 Å². The third-order valence-corrected chi connectivity index (χ3v) is 2.62. The zero-order valence-corrected chi connectivity index (χ0v) is 10.9. The number of nitrogens with zero attached hydrogens (tertiary/aromatic N) is 2. The van der Waals surface area contributed by atoms with E-state index in [9.17, 15) is 4.79 Å². The first-order valence-electron chi connectivity index (χ1n) is 5.92. The first kappa shape index (κ1) is 13.5. The van der Waals surface area contributed by atoms with Crippen LogP contribution in [0, 0.1) is 0 Å². The van der Waals surface area contributed by atoms with Gasteiger partial charge in [-0.2, -0.15) is 4.98 Å². The number of nitrogens with one attached hydrogen (secondary N) is 1. The maximum atomic E-state index is 10.4. The molecular weight excluding hydrogens is 256 g/mol. The molecule has 0 saturated carbocycles. The van der Waals surface area contributed by atoms with Crippen molar-refractivity contribution >= 4 is 23.8 Å². The van der Waals surface area contributed by atoms with Crippen LogP contribution >= 0.6 is 0 Å². The number of hydrogen-bond acceptors (Lipinski definition) is 5. The van der Waals surface area contributed by atoms with Crippen LogP contribution in [0.5, 0.6) is 0 Å². The lowest BCUT2D eigenvalue weighted by Crippen LogP contribution is -2.01. The van der Waals surface area contributed by atoms with Crippen molar-refractivity contribution in [1.29, 1.82) is 0 Å². The fraction of sp³-hybridized carbons (Fsp3) is 0.0714. The van der Waals surface area contributed by atoms with Crippen molar-refractivity contribution in [3.8, 4) is 11.3 Å². The molecule has 0 amide bonds. The second kappa shape index (κ2) is 5.83. The number of aliphatic carboxylic acids is 1. The van der Waals surface area contributed by atoms with E-state index in [-0.39, 0.29) is 5.95 Å². The maximum absolute atomic E-state index is 10.4. The zero-order valence-electron chi connectivity index (χ0n) is 10.9. The summed E-state index contributed by atoms with van der Waals surface area (Å²) in [4.78, 5) is 18.6. The van der Waals surface area contributed by atoms with Gasteiger partial charge in [-0.3, -0.25) is 0 Å². The number of anilines is 2. The van der Waals surface area contributed by atoms with E-state index in [0.717, 1.165) is 17.2 Å². The molecule has 1 aromatic heterocycles. The molecule has 0 spiro atoms. The molecule has 0 radical (unpaired) electrons. The monoisotopic (exact) mass is 270 g/mol. The van der Waals surface area contributed by atoms with Gasteiger partial charge in [-0.25, -0.2) is 9.78 Å². The molecule has 1 aromatic carbocycles. The number of carboxylic acids is 1. The molecule has 20 heavy (non-hydrogen) atoms. The van der Waals surface area contributed by atoms with Gasteiger partial charge in [0.1, 0.15) is 5.82 Å². The van der Waals surface area contributed by atoms with Gasteiger partial charge in [0, 0.05) is 24.8 Å². The molecule has 6 heteroatoms. The Hall–Kier alpha value is -2.89. The van der Waals surface area contributed by atoms with Crippen molar-refractivity contribution in [3.05, 3.63) is 42.0 Å². The summed E-state index contributed by atoms with van der Waals surface area (Å²) in [5.41, 5.74) is 8.02. The Balaban J connectivity index is 2.30. The molecule has 0 atom stereocenters. The van der Waals surface area contributed by atoms with Crippen LogP contribution in [0.3, 0.4) is 0 Å². The van der Waals surface area contributed by atoms with Crippen molar-refractivity contribution in [1.82, 2.24) is 9.97 Å². The van der Waals surface area contributed by atoms with Gasteiger partial charge >= 0.3 is 5.97 Å². The highest BCUT2D eigenvalue weighted by molar-refractivity contribution is 5.85. The summed E-state index contributed by atoms with van der Waals surface area (Å²) in [6.07, 6.45) is 2.62. The van der Waals surface area contributed by atoms with E-state index in [1.54, 1.807) is 13.1 Å². The molecule has 2 aromatic rings. The lowest BCUT2D eigenvalue weighted by molar-refractivity contribution is -0.131. The van der Waals surface area contributed by atoms with Gasteiger partial charge in [0.25, 0.3) is 0 Å². The second-order valence-electron chi connectivity index (χ2n) is 4.04. The summed E-state index contributed by atoms with van der Waals surface area (Å²) in [5, 5.41) is 11.5. The SMILES string of the molecule is CNc1cc(-c2ccc(C=CC(=O)O)cc2)nc(N)n1. The third kappa shape index (κ3) is 3.32. The van der Waals surface area contributed by atoms with Gasteiger partial charge in [0.05, 0.1) is 5.69 Å². The molecule has 4 N–H and O–H groups in total. The number of rotatable bonds is 4. The molecule has 0 aliphatic rings. The smallest absolute Gasteiger partial charge is 0.328 e. The first-order valence-corrected chi connectivity index (χ1v) is 5.92. The highest BCUT2D eigenvalue weighted by atomic mass is 16.4. The predicted octanol–water partition coefficient (Wildman–Crippen LogP) is 1.87. The highest BCUT2D eigenvalue weighted by Crippen LogP contribution is 2.21. The Morgan fingerprint density at radius 1 is 1.30 bits per heavy atom. The lowest BCUT2D eigenvalue weighted by Gasteiger charge is -2.05. The molecule has 0 aliphatic carbocycles. The molecule has 0 bridgehead atoms. The number of nitrogen functional groups attached to an aromatic ring is 1. The van der Waals surface area contributed by atoms with Gasteiger partial charge < -0.3 is 16.2 Å². The van der Waals surface area contributed by atoms with Crippen LogP contribution in [-0.4, -0.2) is 28.1 Å². The van der Waals surface area contributed by atoms with Crippen molar-refractivity contribution in [3.63, 3.8) is 0 Å². The molecular formula is C14H14N4O2. The minimum Gasteiger partial charge on any atom is -0.478 e. The van der Waals surface area contributed by atoms with E-state index in [2.05, 4.69) is 15.3 Å². The number of carbonyl (C=O) groups is 1. The van der Waals surface area contributed by atoms with Crippen molar-refractivity contribution in [2.45, 2.75) is 0 Å². The molecule has 0 fully saturated rings. The van der Waals surface area contributed by atoms with E-state index in [4.69, 9.17) is 10.8 Å². The molecule has 102 valence electrons. The minimum absolute atomic E-state index is 0.196. The van der Waals surface area contributed by atoms with Crippen molar-refractivity contribution in [2.75, 3.05) is 18.1 Å². The van der Waals surface area contributed by atoms with E-state index in [1.165, 1.54) is 6.08 Å². The van der Waals surface area contributed by atoms with Crippen LogP contribution in [0.15, 0.2) is 36.4 Å². The Morgan fingerprint density at radius 3 is 2.60 bits per heavy atom. The molecule has 6 nitrogen and oxygen atoms in total. The second-order valence-corrected chi connectivity index (χ2v) is 4.04. The zero-order chi connectivity index (χ0) is 14.5. The summed E-state index contributed by atoms with van der Waals surface area (Å²) < 4.78 is 0. The number of nitrogens with two attached hydrogens (primary N) is 1. The fourth-order valence-electron chi connectivity index (χ4n) is 1.67. The van der Waals surface area contributed by atoms with E-state index in [1.807, 2.05) is 24.3 Å². The summed E-state index contributed by atoms with van der Waals surface area (Å²) >= 11 is 0. The van der Waals surface area contributed by atoms with Gasteiger partial charge in [-0.15, -0.1) is 0 Å². The van der Waals surface area contributed by atoms with E-state index >= 15 is 0 Å². The molecule has 2 rings (SSSR count). The van der Waals surface area contributed by atoms with E-state index < -0.39 is 5.97 Å². The first-order chi connectivity index (χ1) is 9.58. The highest BCUT2D eigenvalue weighted by Gasteiger charge is 2.04. The van der Waals surface area contributed by atoms with Crippen LogP contribution in [0.4, 0.5) is 11.8 Å². The lowest BCUT2D eigenvalue weighted by atomic mass is 10.1. The standard InChI is InChI=1S/C14H14N4O2/c1-16-12-8-11(17-14(15)18-12)10-5-2-9(3-6-10)4-7-13(19)20/h2-8H,1H3,(H,19,20)(H3,15,16,17,18). The van der Waals surface area contributed by atoms with Crippen LogP contribution in [0.2, 0.25) is 0 Å². The van der Waals surface area contributed by atoms with Gasteiger partial charge in [0.15, 0.2) is 0 Å². The average molecular weight is 270 g/mol. The summed E-state index contributed by atoms with van der Waals surface area (Å²) in [7, 11) is 1.76. The van der Waals surface area contributed by atoms with Crippen molar-refractivity contribution < 1.29 is 9.90 Å². The number of hydrogen-bond donors (Lipinski definition) is 3. The molecule has 0 saturated heterocycles. The Morgan fingerprint density at radius 2 is 2.00 bits per heavy atom. The maximum Gasteiger partial charge on any atom is 0.328 e. The summed E-state index contributed by atoms with van der Waals surface area (Å²) in [5.74, 6) is -0.139. The third-order valence-electron chi connectivity index (χ3n) is 2.62. The molecule has 0 aliphatic heterocycles. The normalized spacial score (nSPS) is 10.7. The van der Waals surface area contributed by atoms with E-state index in [0.29, 0.717) is 11.5 Å². The van der Waals surface area contributed by atoms with Crippen LogP contribution < -0.4 is 11.1 Å². The van der Waals surface area contributed by atoms with Crippen LogP contribution in [0.25, 0.3) is 17.3 Å². The van der Waals surface area contributed by atoms with Crippen LogP contribution in [0.1, 0.15) is 5.56 Å². The topological polar surface area (TPSA) is 101 Å². The quantitative estimate of drug-likeness (QED) is 0.733. The number of benzene rings is 1. The summed E-state index contributed by atoms with van der Waals surface area (Å²) in [6.45, 7) is 0. The van der Waals surface area contributed by atoms with Gasteiger partial charge in [0.2, 0.25) is 5.95 Å². The van der Waals surface area contributed by atoms with Crippen LogP contribution in [-0.2, 0) is 4.79 Å². The van der Waals surface area contributed by atoms with Gasteiger partial charge in [-0.05, 0) is 11.6 Å². The predicted molar refractivity (Wildman–Crippen MR) is 78.1 cm³/mol. The summed E-state index contributed by atoms with van der Waals surface area (Å²) in [6, 6.07) is 9.11. The minimum atomic E-state index is -0.976. The Labute approximate surface area is 116 Å². The average Bonchev–Trinajstić information content (AvgIpc) is 2.45.